The number of anilines is 1. The number of carbonyl (C=O) groups is 1. The Balaban J connectivity index is 1.25. The second kappa shape index (κ2) is 16.4. The number of carbonyl (C=O) groups excluding carboxylic acids is 1. The maximum atomic E-state index is 15.6. The highest BCUT2D eigenvalue weighted by molar-refractivity contribution is 7.94. The molecule has 2 aromatic heterocycles. The van der Waals surface area contributed by atoms with Crippen molar-refractivity contribution >= 4 is 59.8 Å². The maximum Gasteiger partial charge on any atom is 0.296 e. The normalized spacial score (nSPS) is 21.9. The van der Waals surface area contributed by atoms with Crippen LogP contribution >= 0.6 is 11.6 Å². The summed E-state index contributed by atoms with van der Waals surface area (Å²) < 4.78 is 144. The van der Waals surface area contributed by atoms with Gasteiger partial charge in [-0.2, -0.15) is 13.9 Å². The fourth-order valence-electron chi connectivity index (χ4n) is 8.57. The number of rotatable bonds is 16. The molecular weight excluding hydrogens is 920 g/mol. The topological polar surface area (TPSA) is 179 Å². The van der Waals surface area contributed by atoms with Gasteiger partial charge in [-0.3, -0.25) is 24.2 Å². The number of nitrogens with two attached hydrogens (primary N) is 1. The molecule has 21 heteroatoms. The van der Waals surface area contributed by atoms with Crippen molar-refractivity contribution in [1.29, 1.82) is 0 Å². The zero-order valence-electron chi connectivity index (χ0n) is 35.6. The summed E-state index contributed by atoms with van der Waals surface area (Å²) in [7, 11) is -5.88. The number of fused-ring (bicyclic) bond motifs is 2. The number of halogens is 7. The van der Waals surface area contributed by atoms with Gasteiger partial charge in [0, 0.05) is 41.4 Å². The highest BCUT2D eigenvalue weighted by Crippen LogP contribution is 2.53. The van der Waals surface area contributed by atoms with E-state index in [1.807, 2.05) is 0 Å². The first-order valence-corrected chi connectivity index (χ1v) is 24.3. The number of aromatic nitrogens is 3. The Morgan fingerprint density at radius 3 is 2.29 bits per heavy atom. The van der Waals surface area contributed by atoms with Crippen LogP contribution in [0.1, 0.15) is 75.9 Å². The largest absolute Gasteiger partial charge is 0.397 e. The molecule has 0 radical (unpaired) electrons. The predicted octanol–water partition coefficient (Wildman–Crippen LogP) is 7.92. The van der Waals surface area contributed by atoms with E-state index >= 15 is 8.78 Å². The molecule has 4 N–H and O–H groups in total. The number of allylic oxidation sites excluding steroid dienone is 4. The Bertz CT molecular complexity index is 2930. The lowest BCUT2D eigenvalue weighted by atomic mass is 9.82. The molecule has 1 amide bonds. The van der Waals surface area contributed by atoms with Crippen LogP contribution in [0.4, 0.5) is 32.2 Å². The minimum absolute atomic E-state index is 0.0425. The number of benzene rings is 2. The minimum atomic E-state index is -3.92. The Hall–Kier alpha value is -4.95. The smallest absolute Gasteiger partial charge is 0.296 e. The maximum absolute atomic E-state index is 15.6. The van der Waals surface area contributed by atoms with Crippen molar-refractivity contribution in [3.63, 3.8) is 0 Å². The van der Waals surface area contributed by atoms with Crippen molar-refractivity contribution in [1.82, 2.24) is 20.1 Å². The second-order valence-electron chi connectivity index (χ2n) is 18.1. The summed E-state index contributed by atoms with van der Waals surface area (Å²) in [6, 6.07) is 7.79. The summed E-state index contributed by atoms with van der Waals surface area (Å²) in [6.07, 6.45) is 1.10. The fraction of sp³-hybridized carbons (Fsp3) is 0.455. The van der Waals surface area contributed by atoms with Crippen molar-refractivity contribution in [2.45, 2.75) is 98.9 Å². The van der Waals surface area contributed by atoms with E-state index in [0.29, 0.717) is 54.1 Å². The van der Waals surface area contributed by atoms with Crippen LogP contribution in [0.25, 0.3) is 22.0 Å². The van der Waals surface area contributed by atoms with Gasteiger partial charge in [0.2, 0.25) is 15.9 Å². The lowest BCUT2D eigenvalue weighted by Gasteiger charge is -2.26. The van der Waals surface area contributed by atoms with Crippen LogP contribution in [-0.2, 0) is 44.5 Å². The number of pyridine rings is 1. The molecule has 3 atom stereocenters. The van der Waals surface area contributed by atoms with Crippen molar-refractivity contribution in [2.75, 3.05) is 11.3 Å². The lowest BCUT2D eigenvalue weighted by molar-refractivity contribution is -0.120. The van der Waals surface area contributed by atoms with E-state index in [1.165, 1.54) is 16.8 Å². The zero-order valence-corrected chi connectivity index (χ0v) is 38.0. The molecular formula is C44H46ClF6N7O5S2. The summed E-state index contributed by atoms with van der Waals surface area (Å²) in [5.74, 6) is -9.29. The third-order valence-corrected chi connectivity index (χ3v) is 18.5. The van der Waals surface area contributed by atoms with Crippen molar-refractivity contribution < 1.29 is 48.0 Å². The third kappa shape index (κ3) is 8.54. The summed E-state index contributed by atoms with van der Waals surface area (Å²) >= 11 is 6.75. The first-order valence-electron chi connectivity index (χ1n) is 20.9. The number of sulfone groups is 1. The quantitative estimate of drug-likeness (QED) is 0.0749. The summed E-state index contributed by atoms with van der Waals surface area (Å²) in [4.78, 5) is 22.8. The molecule has 65 heavy (non-hydrogen) atoms. The number of amides is 1. The lowest BCUT2D eigenvalue weighted by Crippen LogP contribution is -2.36. The number of nitrogens with one attached hydrogen (secondary N) is 2. The predicted molar refractivity (Wildman–Crippen MR) is 235 cm³/mol. The van der Waals surface area contributed by atoms with Crippen LogP contribution in [0.15, 0.2) is 70.9 Å². The van der Waals surface area contributed by atoms with Gasteiger partial charge in [0.05, 0.1) is 54.0 Å². The van der Waals surface area contributed by atoms with Gasteiger partial charge >= 0.3 is 0 Å². The van der Waals surface area contributed by atoms with Crippen LogP contribution in [-0.4, -0.2) is 76.9 Å². The van der Waals surface area contributed by atoms with Gasteiger partial charge in [-0.1, -0.05) is 35.9 Å². The van der Waals surface area contributed by atoms with E-state index in [1.54, 1.807) is 46.0 Å². The van der Waals surface area contributed by atoms with Gasteiger partial charge in [-0.05, 0) is 95.5 Å². The Kier molecular flexibility index (Phi) is 11.8. The van der Waals surface area contributed by atoms with Gasteiger partial charge in [0.15, 0.2) is 15.7 Å². The first kappa shape index (κ1) is 46.6. The van der Waals surface area contributed by atoms with Crippen molar-refractivity contribution in [3.8, 4) is 11.1 Å². The van der Waals surface area contributed by atoms with Crippen molar-refractivity contribution in [3.05, 3.63) is 99.5 Å². The molecule has 3 saturated carbocycles. The minimum Gasteiger partial charge on any atom is -0.397 e. The van der Waals surface area contributed by atoms with E-state index in [9.17, 15) is 39.2 Å². The molecule has 0 saturated heterocycles. The molecule has 12 nitrogen and oxygen atoms in total. The number of aryl methyl sites for hydroxylation is 2. The van der Waals surface area contributed by atoms with Gasteiger partial charge < -0.3 is 11.1 Å². The fourth-order valence-corrected chi connectivity index (χ4v) is 12.1. The molecule has 2 aromatic carbocycles. The molecule has 0 bridgehead atoms. The van der Waals surface area contributed by atoms with E-state index < -0.39 is 106 Å². The van der Waals surface area contributed by atoms with E-state index in [2.05, 4.69) is 20.1 Å². The molecule has 4 aliphatic carbocycles. The molecule has 0 spiro atoms. The molecule has 4 aliphatic rings. The second-order valence-corrected chi connectivity index (χ2v) is 23.5. The zero-order chi connectivity index (χ0) is 47.2. The summed E-state index contributed by atoms with van der Waals surface area (Å²) in [5.41, 5.74) is 4.36. The summed E-state index contributed by atoms with van der Waals surface area (Å²) in [6.45, 7) is 3.86. The molecule has 4 aromatic rings. The average Bonchev–Trinajstić information content (AvgIpc) is 4.14. The monoisotopic (exact) mass is 965 g/mol. The Labute approximate surface area is 376 Å². The summed E-state index contributed by atoms with van der Waals surface area (Å²) in [5, 5.41) is 7.11. The molecule has 0 aliphatic heterocycles. The number of aliphatic imine (C=N–C) groups is 1. The standard InChI is InChI=1S/C44H46ClF6N7O5S2/c1-42(2,64(60,61)26-6-7-26)14-13-25-5-8-27(28-10-12-31(45)35-38(28)58(4)56-41(35)57-65(62,63)43(3)15-16-43)37(54-25)32(19-22-17-23(46)20-24(47)18-22)55-33(59)21-53-39-34(36(52)40(48)49)29-9-11-30(29)44(39,50)51/h5,8-12,17-18,20,26,29-30,32,40H,6-7,13-16,19,21,52H2,1-4H3,(H,55,59)(H,56,57)/t29-,30+,32-/m0/s1. The number of nitrogens with zero attached hydrogens (tertiary/aromatic N) is 4. The number of hydrogen-bond donors (Lipinski definition) is 3. The van der Waals surface area contributed by atoms with Gasteiger partial charge in [0.1, 0.15) is 23.9 Å². The van der Waals surface area contributed by atoms with E-state index in [0.717, 1.165) is 18.2 Å². The van der Waals surface area contributed by atoms with Crippen LogP contribution in [0.2, 0.25) is 5.02 Å². The molecule has 0 unspecified atom stereocenters. The molecule has 2 heterocycles. The van der Waals surface area contributed by atoms with Crippen LogP contribution in [0.3, 0.4) is 0 Å². The molecule has 8 rings (SSSR count). The van der Waals surface area contributed by atoms with Crippen LogP contribution < -0.4 is 15.8 Å². The van der Waals surface area contributed by atoms with Gasteiger partial charge in [-0.25, -0.2) is 34.4 Å². The number of sulfonamides is 1. The van der Waals surface area contributed by atoms with E-state index in [-0.39, 0.29) is 46.7 Å². The van der Waals surface area contributed by atoms with Gasteiger partial charge in [-0.15, -0.1) is 0 Å². The average molecular weight is 966 g/mol. The van der Waals surface area contributed by atoms with Gasteiger partial charge in [0.25, 0.3) is 12.3 Å². The van der Waals surface area contributed by atoms with E-state index in [4.69, 9.17) is 22.3 Å². The molecule has 3 fully saturated rings. The first-order chi connectivity index (χ1) is 30.3. The third-order valence-electron chi connectivity index (χ3n) is 13.0. The Morgan fingerprint density at radius 2 is 1.69 bits per heavy atom. The number of hydrogen-bond acceptors (Lipinski definition) is 9. The highest BCUT2D eigenvalue weighted by Gasteiger charge is 2.60. The SMILES string of the molecule is Cn1nc(NS(=O)(=O)C2(C)CC2)c2c(Cl)ccc(-c3ccc(CCC(C)(C)S(=O)(=O)C4CC4)nc3[C@H](Cc3cc(F)cc(F)c3)NC(=O)CN=C3C(=C(N)C(F)F)[C@H]4C=C[C@H]4C3(F)F)c21. The van der Waals surface area contributed by atoms with Crippen molar-refractivity contribution in [2.24, 2.45) is 29.6 Å². The molecule has 348 valence electrons. The van der Waals surface area contributed by atoms with Crippen LogP contribution in [0, 0.1) is 23.5 Å². The van der Waals surface area contributed by atoms with Crippen LogP contribution in [0.5, 0.6) is 0 Å². The highest BCUT2D eigenvalue weighted by atomic mass is 35.5. The number of alkyl halides is 4. The Morgan fingerprint density at radius 1 is 1.03 bits per heavy atom.